The molecule has 0 fully saturated rings. The average molecular weight is 724 g/mol. The molecule has 8 aromatic carbocycles. The molecular formula is C55H49N. The third kappa shape index (κ3) is 5.43. The Morgan fingerprint density at radius 1 is 0.393 bits per heavy atom. The van der Waals surface area contributed by atoms with Crippen LogP contribution in [0.15, 0.2) is 164 Å². The third-order valence-corrected chi connectivity index (χ3v) is 13.3. The van der Waals surface area contributed by atoms with Gasteiger partial charge in [0.05, 0.1) is 5.69 Å². The molecule has 274 valence electrons. The van der Waals surface area contributed by atoms with Gasteiger partial charge < -0.3 is 4.90 Å². The number of fused-ring (bicyclic) bond motifs is 7. The Bertz CT molecular complexity index is 2800. The molecule has 0 amide bonds. The molecule has 0 aliphatic heterocycles. The van der Waals surface area contributed by atoms with E-state index >= 15 is 0 Å². The van der Waals surface area contributed by atoms with Crippen molar-refractivity contribution in [2.45, 2.75) is 70.6 Å². The average Bonchev–Trinajstić information content (AvgIpc) is 3.45. The van der Waals surface area contributed by atoms with E-state index in [9.17, 15) is 0 Å². The van der Waals surface area contributed by atoms with Crippen LogP contribution in [-0.2, 0) is 16.2 Å². The summed E-state index contributed by atoms with van der Waals surface area (Å²) in [5, 5.41) is 5.14. The van der Waals surface area contributed by atoms with Gasteiger partial charge in [-0.15, -0.1) is 0 Å². The second kappa shape index (κ2) is 12.6. The van der Waals surface area contributed by atoms with E-state index in [1.54, 1.807) is 0 Å². The summed E-state index contributed by atoms with van der Waals surface area (Å²) in [5.41, 5.74) is 17.2. The summed E-state index contributed by atoms with van der Waals surface area (Å²) in [5.74, 6) is 0. The summed E-state index contributed by atoms with van der Waals surface area (Å²) in [6.07, 6.45) is 2.41. The van der Waals surface area contributed by atoms with Gasteiger partial charge in [0.15, 0.2) is 0 Å². The van der Waals surface area contributed by atoms with Crippen molar-refractivity contribution in [2.75, 3.05) is 4.90 Å². The van der Waals surface area contributed by atoms with Crippen molar-refractivity contribution >= 4 is 38.6 Å². The zero-order valence-electron chi connectivity index (χ0n) is 33.4. The Hall–Kier alpha value is -5.92. The Balaban J connectivity index is 1.13. The zero-order chi connectivity index (χ0) is 38.4. The van der Waals surface area contributed by atoms with Crippen molar-refractivity contribution in [1.29, 1.82) is 0 Å². The summed E-state index contributed by atoms with van der Waals surface area (Å²) in [7, 11) is 0. The molecule has 0 radical (unpaired) electrons. The highest BCUT2D eigenvalue weighted by Gasteiger charge is 2.43. The van der Waals surface area contributed by atoms with E-state index in [1.807, 2.05) is 0 Å². The van der Waals surface area contributed by atoms with Crippen LogP contribution in [0.1, 0.15) is 76.6 Å². The number of benzene rings is 8. The summed E-state index contributed by atoms with van der Waals surface area (Å²) in [4.78, 5) is 2.49. The fourth-order valence-corrected chi connectivity index (χ4v) is 9.87. The maximum absolute atomic E-state index is 2.59. The highest BCUT2D eigenvalue weighted by molar-refractivity contribution is 6.08. The fraction of sp³-hybridized carbons (Fsp3) is 0.200. The molecule has 56 heavy (non-hydrogen) atoms. The predicted octanol–water partition coefficient (Wildman–Crippen LogP) is 15.5. The van der Waals surface area contributed by atoms with E-state index < -0.39 is 0 Å². The largest absolute Gasteiger partial charge is 0.310 e. The first-order valence-corrected chi connectivity index (χ1v) is 20.3. The van der Waals surface area contributed by atoms with Gasteiger partial charge in [-0.2, -0.15) is 0 Å². The molecule has 2 aliphatic carbocycles. The van der Waals surface area contributed by atoms with Crippen LogP contribution in [0.3, 0.4) is 0 Å². The van der Waals surface area contributed by atoms with Gasteiger partial charge in [0, 0.05) is 22.4 Å². The number of hydrogen-bond acceptors (Lipinski definition) is 1. The lowest BCUT2D eigenvalue weighted by Gasteiger charge is -2.42. The monoisotopic (exact) mass is 723 g/mol. The Kier molecular flexibility index (Phi) is 7.75. The second-order valence-electron chi connectivity index (χ2n) is 18.1. The second-order valence-corrected chi connectivity index (χ2v) is 18.1. The van der Waals surface area contributed by atoms with E-state index in [4.69, 9.17) is 0 Å². The molecule has 10 rings (SSSR count). The quantitative estimate of drug-likeness (QED) is 0.160. The van der Waals surface area contributed by atoms with E-state index in [2.05, 4.69) is 210 Å². The van der Waals surface area contributed by atoms with Crippen molar-refractivity contribution in [2.24, 2.45) is 0 Å². The number of rotatable bonds is 5. The van der Waals surface area contributed by atoms with Crippen molar-refractivity contribution in [1.82, 2.24) is 0 Å². The highest BCUT2D eigenvalue weighted by atomic mass is 15.1. The first-order chi connectivity index (χ1) is 27.0. The topological polar surface area (TPSA) is 3.24 Å². The van der Waals surface area contributed by atoms with Crippen molar-refractivity contribution in [3.8, 4) is 33.4 Å². The van der Waals surface area contributed by atoms with Crippen LogP contribution in [0.5, 0.6) is 0 Å². The minimum Gasteiger partial charge on any atom is -0.310 e. The van der Waals surface area contributed by atoms with Crippen molar-refractivity contribution in [3.63, 3.8) is 0 Å². The normalized spacial score (nSPS) is 16.0. The first-order valence-electron chi connectivity index (χ1n) is 20.3. The van der Waals surface area contributed by atoms with Crippen LogP contribution in [0, 0.1) is 0 Å². The zero-order valence-corrected chi connectivity index (χ0v) is 33.4. The van der Waals surface area contributed by atoms with Gasteiger partial charge in [0.1, 0.15) is 0 Å². The van der Waals surface area contributed by atoms with Gasteiger partial charge >= 0.3 is 0 Å². The number of anilines is 3. The molecule has 0 bridgehead atoms. The minimum absolute atomic E-state index is 0.124. The maximum Gasteiger partial charge on any atom is 0.0543 e. The minimum atomic E-state index is -0.124. The van der Waals surface area contributed by atoms with Gasteiger partial charge in [0.25, 0.3) is 0 Å². The fourth-order valence-electron chi connectivity index (χ4n) is 9.87. The molecule has 0 N–H and O–H groups in total. The van der Waals surface area contributed by atoms with Crippen LogP contribution < -0.4 is 4.90 Å². The van der Waals surface area contributed by atoms with Gasteiger partial charge in [-0.3, -0.25) is 0 Å². The number of hydrogen-bond donors (Lipinski definition) is 0. The molecule has 0 saturated carbocycles. The lowest BCUT2D eigenvalue weighted by atomic mass is 9.62. The lowest BCUT2D eigenvalue weighted by Crippen LogP contribution is -2.34. The number of nitrogens with zero attached hydrogens (tertiary/aromatic N) is 1. The predicted molar refractivity (Wildman–Crippen MR) is 240 cm³/mol. The summed E-state index contributed by atoms with van der Waals surface area (Å²) < 4.78 is 0. The first kappa shape index (κ1) is 34.6. The van der Waals surface area contributed by atoms with E-state index in [-0.39, 0.29) is 16.2 Å². The molecule has 0 aromatic heterocycles. The van der Waals surface area contributed by atoms with Crippen LogP contribution >= 0.6 is 0 Å². The van der Waals surface area contributed by atoms with Crippen molar-refractivity contribution < 1.29 is 0 Å². The van der Waals surface area contributed by atoms with E-state index in [1.165, 1.54) is 95.7 Å². The van der Waals surface area contributed by atoms with Crippen LogP contribution in [0.2, 0.25) is 0 Å². The molecule has 0 saturated heterocycles. The van der Waals surface area contributed by atoms with Gasteiger partial charge in [-0.05, 0) is 138 Å². The molecule has 8 aromatic rings. The van der Waals surface area contributed by atoms with Gasteiger partial charge in [-0.25, -0.2) is 0 Å². The standard InChI is InChI=1S/C55H49N/c1-53(2)31-32-54(3,4)50-35-48-46(34-49(50)53)52-47(55(48,5)6)17-12-18-51(52)56(42-26-21-37(22-27-42)36-13-8-7-9-14-36)43-28-23-38(24-29-43)40-25-30-45-41(33-40)20-19-39-15-10-11-16-44(39)45/h7-30,33-35H,31-32H2,1-6H3. The lowest BCUT2D eigenvalue weighted by molar-refractivity contribution is 0.331. The highest BCUT2D eigenvalue weighted by Crippen LogP contribution is 2.57. The Morgan fingerprint density at radius 3 is 1.64 bits per heavy atom. The van der Waals surface area contributed by atoms with E-state index in [0.717, 1.165) is 11.4 Å². The van der Waals surface area contributed by atoms with Crippen LogP contribution in [0.25, 0.3) is 54.9 Å². The summed E-state index contributed by atoms with van der Waals surface area (Å²) >= 11 is 0. The molecule has 2 aliphatic rings. The van der Waals surface area contributed by atoms with E-state index in [0.29, 0.717) is 0 Å². The summed E-state index contributed by atoms with van der Waals surface area (Å²) in [6, 6.07) is 61.2. The van der Waals surface area contributed by atoms with Crippen molar-refractivity contribution in [3.05, 3.63) is 186 Å². The Labute approximate surface area is 332 Å². The summed E-state index contributed by atoms with van der Waals surface area (Å²) in [6.45, 7) is 14.6. The van der Waals surface area contributed by atoms with Crippen LogP contribution in [0.4, 0.5) is 17.1 Å². The molecule has 1 nitrogen and oxygen atoms in total. The Morgan fingerprint density at radius 2 is 0.946 bits per heavy atom. The molecule has 0 atom stereocenters. The molecule has 0 heterocycles. The van der Waals surface area contributed by atoms with Gasteiger partial charge in [-0.1, -0.05) is 163 Å². The molecule has 0 spiro atoms. The molecule has 1 heteroatoms. The third-order valence-electron chi connectivity index (χ3n) is 13.3. The van der Waals surface area contributed by atoms with Gasteiger partial charge in [0.2, 0.25) is 0 Å². The van der Waals surface area contributed by atoms with Crippen LogP contribution in [-0.4, -0.2) is 0 Å². The molecule has 0 unspecified atom stereocenters. The smallest absolute Gasteiger partial charge is 0.0543 e. The SMILES string of the molecule is CC1(C)CCC(C)(C)c2cc3c(cc21)-c1c(N(c2ccc(-c4ccccc4)cc2)c2ccc(-c4ccc5c(ccc6ccccc65)c4)cc2)cccc1C3(C)C. The molecular weight excluding hydrogens is 675 g/mol. The maximum atomic E-state index is 2.59.